The number of para-hydroxylation sites is 1. The SMILES string of the molecule is [2H]c1c([2H])c([2H])c(-c2cccc3c2oc2cccc(-c4c5ccccc5c(-c5ccc(-c6ccccc6)cc5)c5ccccc45)c23)c([2H])c1[2H]. The molecule has 45 heavy (non-hydrogen) atoms. The molecule has 0 aliphatic rings. The Hall–Kier alpha value is -5.92. The molecule has 0 atom stereocenters. The van der Waals surface area contributed by atoms with Crippen molar-refractivity contribution in [2.75, 3.05) is 0 Å². The maximum absolute atomic E-state index is 8.67. The van der Waals surface area contributed by atoms with Crippen LogP contribution in [0.25, 0.3) is 88.0 Å². The highest BCUT2D eigenvalue weighted by Crippen LogP contribution is 2.47. The van der Waals surface area contributed by atoms with E-state index in [4.69, 9.17) is 11.3 Å². The van der Waals surface area contributed by atoms with Crippen LogP contribution in [0.1, 0.15) is 6.85 Å². The first-order valence-corrected chi connectivity index (χ1v) is 15.0. The summed E-state index contributed by atoms with van der Waals surface area (Å²) in [6, 6.07) is 46.2. The first kappa shape index (κ1) is 20.9. The van der Waals surface area contributed by atoms with Gasteiger partial charge in [0.1, 0.15) is 11.2 Å². The maximum Gasteiger partial charge on any atom is 0.143 e. The van der Waals surface area contributed by atoms with Crippen molar-refractivity contribution in [1.29, 1.82) is 0 Å². The minimum atomic E-state index is -0.419. The standard InChI is InChI=1S/C44H28O/c1-3-13-29(14-4-1)30-25-27-32(28-26-30)41-34-17-7-9-19-36(34)42(37-20-10-8-18-35(37)41)38-22-12-24-40-43(38)39-23-11-21-33(44(39)45-40)31-15-5-2-6-16-31/h1-28H/i2D,5D,6D,15D,16D. The molecule has 1 aromatic heterocycles. The van der Waals surface area contributed by atoms with Gasteiger partial charge in [-0.25, -0.2) is 0 Å². The molecular weight excluding hydrogens is 544 g/mol. The molecular formula is C44H28O. The van der Waals surface area contributed by atoms with E-state index >= 15 is 0 Å². The minimum absolute atomic E-state index is 0.126. The molecule has 9 rings (SSSR count). The zero-order chi connectivity index (χ0) is 34.1. The van der Waals surface area contributed by atoms with Crippen molar-refractivity contribution in [3.63, 3.8) is 0 Å². The molecule has 0 aliphatic heterocycles. The predicted molar refractivity (Wildman–Crippen MR) is 190 cm³/mol. The summed E-state index contributed by atoms with van der Waals surface area (Å²) in [5.41, 5.74) is 8.47. The molecule has 0 radical (unpaired) electrons. The fourth-order valence-corrected chi connectivity index (χ4v) is 6.83. The number of hydrogen-bond acceptors (Lipinski definition) is 1. The van der Waals surface area contributed by atoms with Crippen LogP contribution in [0.2, 0.25) is 0 Å². The van der Waals surface area contributed by atoms with Crippen LogP contribution in [-0.2, 0) is 0 Å². The van der Waals surface area contributed by atoms with E-state index in [1.807, 2.05) is 30.3 Å². The highest BCUT2D eigenvalue weighted by atomic mass is 16.3. The molecule has 210 valence electrons. The van der Waals surface area contributed by atoms with Crippen molar-refractivity contribution in [1.82, 2.24) is 0 Å². The predicted octanol–water partition coefficient (Wildman–Crippen LogP) is 12.6. The summed E-state index contributed by atoms with van der Waals surface area (Å²) in [5, 5.41) is 6.21. The average molecular weight is 578 g/mol. The Labute approximate surface area is 268 Å². The van der Waals surface area contributed by atoms with E-state index in [0.29, 0.717) is 16.7 Å². The van der Waals surface area contributed by atoms with Gasteiger partial charge in [-0.3, -0.25) is 0 Å². The Bertz CT molecular complexity index is 2720. The lowest BCUT2D eigenvalue weighted by Crippen LogP contribution is -1.91. The van der Waals surface area contributed by atoms with Gasteiger partial charge in [-0.2, -0.15) is 0 Å². The summed E-state index contributed by atoms with van der Waals surface area (Å²) in [7, 11) is 0. The van der Waals surface area contributed by atoms with Crippen LogP contribution in [-0.4, -0.2) is 0 Å². The van der Waals surface area contributed by atoms with Crippen LogP contribution in [0.4, 0.5) is 0 Å². The van der Waals surface area contributed by atoms with Gasteiger partial charge >= 0.3 is 0 Å². The summed E-state index contributed by atoms with van der Waals surface area (Å²) < 4.78 is 48.6. The Morgan fingerprint density at radius 3 is 1.60 bits per heavy atom. The number of hydrogen-bond donors (Lipinski definition) is 0. The number of fused-ring (bicyclic) bond motifs is 5. The van der Waals surface area contributed by atoms with Gasteiger partial charge < -0.3 is 4.42 Å². The summed E-state index contributed by atoms with van der Waals surface area (Å²) >= 11 is 0. The first-order valence-electron chi connectivity index (χ1n) is 17.5. The average Bonchev–Trinajstić information content (AvgIpc) is 3.56. The van der Waals surface area contributed by atoms with E-state index in [1.165, 1.54) is 16.7 Å². The smallest absolute Gasteiger partial charge is 0.143 e. The molecule has 0 bridgehead atoms. The van der Waals surface area contributed by atoms with Crippen LogP contribution in [0.3, 0.4) is 0 Å². The van der Waals surface area contributed by atoms with E-state index in [0.717, 1.165) is 49.0 Å². The Morgan fingerprint density at radius 2 is 0.911 bits per heavy atom. The van der Waals surface area contributed by atoms with Crippen molar-refractivity contribution >= 4 is 43.5 Å². The highest BCUT2D eigenvalue weighted by molar-refractivity contribution is 6.26. The second-order valence-electron chi connectivity index (χ2n) is 11.2. The lowest BCUT2D eigenvalue weighted by Gasteiger charge is -2.18. The molecule has 0 fully saturated rings. The van der Waals surface area contributed by atoms with Crippen LogP contribution < -0.4 is 0 Å². The van der Waals surface area contributed by atoms with E-state index in [9.17, 15) is 0 Å². The number of furan rings is 1. The molecule has 9 aromatic rings. The summed E-state index contributed by atoms with van der Waals surface area (Å²) in [6.45, 7) is 0. The Kier molecular flexibility index (Phi) is 4.81. The lowest BCUT2D eigenvalue weighted by molar-refractivity contribution is 0.670. The van der Waals surface area contributed by atoms with Crippen molar-refractivity contribution in [3.8, 4) is 44.5 Å². The Morgan fingerprint density at radius 1 is 0.378 bits per heavy atom. The van der Waals surface area contributed by atoms with Crippen LogP contribution in [0.15, 0.2) is 174 Å². The van der Waals surface area contributed by atoms with Gasteiger partial charge in [-0.15, -0.1) is 0 Å². The number of rotatable bonds is 4. The maximum atomic E-state index is 8.67. The molecule has 0 amide bonds. The van der Waals surface area contributed by atoms with E-state index < -0.39 is 6.04 Å². The fraction of sp³-hybridized carbons (Fsp3) is 0. The van der Waals surface area contributed by atoms with Crippen molar-refractivity contribution in [3.05, 3.63) is 170 Å². The molecule has 1 nitrogen and oxygen atoms in total. The molecule has 0 aliphatic carbocycles. The van der Waals surface area contributed by atoms with E-state index in [2.05, 4.69) is 103 Å². The molecule has 0 spiro atoms. The van der Waals surface area contributed by atoms with Crippen LogP contribution in [0.5, 0.6) is 0 Å². The zero-order valence-corrected chi connectivity index (χ0v) is 24.2. The summed E-state index contributed by atoms with van der Waals surface area (Å²) in [6.07, 6.45) is 0. The second-order valence-corrected chi connectivity index (χ2v) is 11.2. The van der Waals surface area contributed by atoms with Gasteiger partial charge in [0.05, 0.1) is 6.85 Å². The van der Waals surface area contributed by atoms with Gasteiger partial charge in [-0.05, 0) is 66.6 Å². The van der Waals surface area contributed by atoms with Crippen molar-refractivity contribution < 1.29 is 11.3 Å². The molecule has 1 heterocycles. The fourth-order valence-electron chi connectivity index (χ4n) is 6.83. The quantitative estimate of drug-likeness (QED) is 0.190. The van der Waals surface area contributed by atoms with Crippen LogP contribution in [0, 0.1) is 0 Å². The van der Waals surface area contributed by atoms with Gasteiger partial charge in [-0.1, -0.05) is 164 Å². The molecule has 0 saturated carbocycles. The largest absolute Gasteiger partial charge is 0.455 e. The normalized spacial score (nSPS) is 13.1. The molecule has 1 heteroatoms. The summed E-state index contributed by atoms with van der Waals surface area (Å²) in [5.74, 6) is 0. The van der Waals surface area contributed by atoms with Crippen molar-refractivity contribution in [2.24, 2.45) is 0 Å². The third-order valence-corrected chi connectivity index (χ3v) is 8.77. The molecule has 0 saturated heterocycles. The van der Waals surface area contributed by atoms with Gasteiger partial charge in [0.2, 0.25) is 0 Å². The second kappa shape index (κ2) is 10.4. The van der Waals surface area contributed by atoms with Gasteiger partial charge in [0.15, 0.2) is 0 Å². The van der Waals surface area contributed by atoms with E-state index in [-0.39, 0.29) is 29.7 Å². The van der Waals surface area contributed by atoms with E-state index in [1.54, 1.807) is 6.07 Å². The highest BCUT2D eigenvalue weighted by Gasteiger charge is 2.21. The topological polar surface area (TPSA) is 13.1 Å². The molecule has 0 unspecified atom stereocenters. The number of benzene rings is 8. The Balaban J connectivity index is 1.32. The molecule has 8 aromatic carbocycles. The third-order valence-electron chi connectivity index (χ3n) is 8.77. The minimum Gasteiger partial charge on any atom is -0.455 e. The zero-order valence-electron chi connectivity index (χ0n) is 29.2. The first-order chi connectivity index (χ1) is 24.4. The lowest BCUT2D eigenvalue weighted by atomic mass is 9.84. The third kappa shape index (κ3) is 4.09. The monoisotopic (exact) mass is 577 g/mol. The van der Waals surface area contributed by atoms with Gasteiger partial charge in [0.25, 0.3) is 0 Å². The van der Waals surface area contributed by atoms with Crippen molar-refractivity contribution in [2.45, 2.75) is 0 Å². The van der Waals surface area contributed by atoms with Gasteiger partial charge in [0, 0.05) is 16.3 Å². The molecule has 0 N–H and O–H groups in total. The van der Waals surface area contributed by atoms with Crippen LogP contribution >= 0.6 is 0 Å². The summed E-state index contributed by atoms with van der Waals surface area (Å²) in [4.78, 5) is 0.